The molecule has 152 valence electrons. The van der Waals surface area contributed by atoms with Crippen molar-refractivity contribution in [3.05, 3.63) is 42.0 Å². The number of unbranched alkanes of at least 4 members (excludes halogenated alkanes) is 5. The highest BCUT2D eigenvalue weighted by molar-refractivity contribution is 5.85. The molecule has 1 aliphatic rings. The molecule has 2 nitrogen and oxygen atoms in total. The summed E-state index contributed by atoms with van der Waals surface area (Å²) < 4.78 is 5.20. The predicted octanol–water partition coefficient (Wildman–Crippen LogP) is 7.79. The van der Waals surface area contributed by atoms with Crippen LogP contribution in [0.25, 0.3) is 10.8 Å². The highest BCUT2D eigenvalue weighted by Crippen LogP contribution is 2.38. The summed E-state index contributed by atoms with van der Waals surface area (Å²) in [5.41, 5.74) is 1.48. The molecular weight excluding hydrogens is 344 g/mol. The Hall–Kier alpha value is -1.83. The molecular formula is C26H36O2. The summed E-state index contributed by atoms with van der Waals surface area (Å²) in [5, 5.41) is 2.38. The highest BCUT2D eigenvalue weighted by atomic mass is 16.5. The van der Waals surface area contributed by atoms with Crippen LogP contribution in [0.15, 0.2) is 36.4 Å². The maximum atomic E-state index is 11.1. The molecule has 28 heavy (non-hydrogen) atoms. The number of hydrogen-bond donors (Lipinski definition) is 0. The Morgan fingerprint density at radius 3 is 2.32 bits per heavy atom. The van der Waals surface area contributed by atoms with E-state index in [1.807, 2.05) is 12.1 Å². The summed E-state index contributed by atoms with van der Waals surface area (Å²) >= 11 is 0. The van der Waals surface area contributed by atoms with Gasteiger partial charge in [0.1, 0.15) is 5.75 Å². The molecule has 0 saturated heterocycles. The lowest BCUT2D eigenvalue weighted by molar-refractivity contribution is -0.131. The van der Waals surface area contributed by atoms with Gasteiger partial charge in [0.25, 0.3) is 0 Å². The van der Waals surface area contributed by atoms with E-state index in [0.717, 1.165) is 11.3 Å². The minimum Gasteiger partial charge on any atom is -0.427 e. The molecule has 1 saturated carbocycles. The number of hydrogen-bond acceptors (Lipinski definition) is 2. The first-order chi connectivity index (χ1) is 13.7. The molecule has 0 bridgehead atoms. The van der Waals surface area contributed by atoms with Gasteiger partial charge >= 0.3 is 5.97 Å². The van der Waals surface area contributed by atoms with Crippen molar-refractivity contribution < 1.29 is 9.53 Å². The van der Waals surface area contributed by atoms with Gasteiger partial charge in [0, 0.05) is 6.92 Å². The molecule has 0 amide bonds. The maximum Gasteiger partial charge on any atom is 0.308 e. The molecule has 0 aromatic heterocycles. The fraction of sp³-hybridized carbons (Fsp3) is 0.577. The van der Waals surface area contributed by atoms with Gasteiger partial charge in [0.2, 0.25) is 0 Å². The van der Waals surface area contributed by atoms with Gasteiger partial charge in [-0.15, -0.1) is 0 Å². The first-order valence-electron chi connectivity index (χ1n) is 11.4. The molecule has 1 fully saturated rings. The maximum absolute atomic E-state index is 11.1. The minimum atomic E-state index is -0.270. The van der Waals surface area contributed by atoms with E-state index in [0.29, 0.717) is 11.7 Å². The summed E-state index contributed by atoms with van der Waals surface area (Å²) in [6, 6.07) is 12.7. The van der Waals surface area contributed by atoms with Crippen molar-refractivity contribution >= 4 is 16.7 Å². The second kappa shape index (κ2) is 10.6. The molecule has 2 aromatic carbocycles. The summed E-state index contributed by atoms with van der Waals surface area (Å²) in [6.45, 7) is 3.73. The van der Waals surface area contributed by atoms with E-state index in [4.69, 9.17) is 4.74 Å². The molecule has 0 spiro atoms. The second-order valence-electron chi connectivity index (χ2n) is 8.64. The van der Waals surface area contributed by atoms with Crippen molar-refractivity contribution in [2.45, 2.75) is 90.4 Å². The Morgan fingerprint density at radius 2 is 1.57 bits per heavy atom. The summed E-state index contributed by atoms with van der Waals surface area (Å²) in [7, 11) is 0. The lowest BCUT2D eigenvalue weighted by atomic mass is 9.76. The lowest BCUT2D eigenvalue weighted by Gasteiger charge is -2.29. The van der Waals surface area contributed by atoms with Crippen molar-refractivity contribution in [2.24, 2.45) is 5.92 Å². The number of rotatable bonds is 9. The topological polar surface area (TPSA) is 26.3 Å². The van der Waals surface area contributed by atoms with Crippen LogP contribution in [0, 0.1) is 5.92 Å². The smallest absolute Gasteiger partial charge is 0.308 e. The van der Waals surface area contributed by atoms with Crippen LogP contribution in [0.1, 0.15) is 96.0 Å². The van der Waals surface area contributed by atoms with Gasteiger partial charge in [-0.3, -0.25) is 4.79 Å². The zero-order valence-corrected chi connectivity index (χ0v) is 17.7. The summed E-state index contributed by atoms with van der Waals surface area (Å²) in [4.78, 5) is 11.1. The zero-order chi connectivity index (χ0) is 19.8. The standard InChI is InChI=1S/C26H36O2/c1-3-4-5-6-7-8-9-21-10-12-22(13-11-21)23-14-15-25-19-26(28-20(2)27)17-16-24(25)18-23/h14-19,21-22H,3-13H2,1-2H3. The third kappa shape index (κ3) is 6.09. The van der Waals surface area contributed by atoms with Crippen LogP contribution in [0.2, 0.25) is 0 Å². The largest absolute Gasteiger partial charge is 0.427 e. The van der Waals surface area contributed by atoms with E-state index in [1.165, 1.54) is 88.5 Å². The predicted molar refractivity (Wildman–Crippen MR) is 118 cm³/mol. The van der Waals surface area contributed by atoms with Crippen molar-refractivity contribution in [3.8, 4) is 5.75 Å². The number of carbonyl (C=O) groups excluding carboxylic acids is 1. The molecule has 0 atom stereocenters. The van der Waals surface area contributed by atoms with Gasteiger partial charge < -0.3 is 4.74 Å². The molecule has 3 rings (SSSR count). The normalized spacial score (nSPS) is 19.6. The highest BCUT2D eigenvalue weighted by Gasteiger charge is 2.22. The van der Waals surface area contributed by atoms with Crippen molar-refractivity contribution in [3.63, 3.8) is 0 Å². The quantitative estimate of drug-likeness (QED) is 0.252. The summed E-state index contributed by atoms with van der Waals surface area (Å²) in [5.74, 6) is 2.02. The molecule has 0 radical (unpaired) electrons. The molecule has 0 N–H and O–H groups in total. The Balaban J connectivity index is 1.48. The van der Waals surface area contributed by atoms with E-state index in [1.54, 1.807) is 0 Å². The van der Waals surface area contributed by atoms with E-state index < -0.39 is 0 Å². The molecule has 0 unspecified atom stereocenters. The third-order valence-corrected chi connectivity index (χ3v) is 6.38. The number of fused-ring (bicyclic) bond motifs is 1. The second-order valence-corrected chi connectivity index (χ2v) is 8.64. The fourth-order valence-electron chi connectivity index (χ4n) is 4.72. The van der Waals surface area contributed by atoms with Crippen LogP contribution < -0.4 is 4.74 Å². The molecule has 2 heteroatoms. The van der Waals surface area contributed by atoms with Gasteiger partial charge in [0.15, 0.2) is 0 Å². The number of benzene rings is 2. The van der Waals surface area contributed by atoms with Crippen LogP contribution >= 0.6 is 0 Å². The van der Waals surface area contributed by atoms with Crippen LogP contribution in [-0.4, -0.2) is 5.97 Å². The molecule has 0 aliphatic heterocycles. The monoisotopic (exact) mass is 380 g/mol. The zero-order valence-electron chi connectivity index (χ0n) is 17.7. The fourth-order valence-corrected chi connectivity index (χ4v) is 4.72. The van der Waals surface area contributed by atoms with Gasteiger partial charge in [-0.05, 0) is 66.0 Å². The molecule has 0 heterocycles. The van der Waals surface area contributed by atoms with Gasteiger partial charge in [-0.25, -0.2) is 0 Å². The Kier molecular flexibility index (Phi) is 7.94. The number of esters is 1. The Morgan fingerprint density at radius 1 is 0.893 bits per heavy atom. The first-order valence-corrected chi connectivity index (χ1v) is 11.4. The van der Waals surface area contributed by atoms with Crippen LogP contribution in [0.5, 0.6) is 5.75 Å². The number of ether oxygens (including phenoxy) is 1. The van der Waals surface area contributed by atoms with E-state index in [2.05, 4.69) is 31.2 Å². The minimum absolute atomic E-state index is 0.270. The average molecular weight is 381 g/mol. The first kappa shape index (κ1) is 20.9. The molecule has 1 aliphatic carbocycles. The lowest BCUT2D eigenvalue weighted by Crippen LogP contribution is -2.13. The van der Waals surface area contributed by atoms with Gasteiger partial charge in [0.05, 0.1) is 0 Å². The van der Waals surface area contributed by atoms with Crippen molar-refractivity contribution in [2.75, 3.05) is 0 Å². The van der Waals surface area contributed by atoms with E-state index >= 15 is 0 Å². The van der Waals surface area contributed by atoms with Gasteiger partial charge in [-0.2, -0.15) is 0 Å². The van der Waals surface area contributed by atoms with Crippen LogP contribution in [-0.2, 0) is 4.79 Å². The van der Waals surface area contributed by atoms with Gasteiger partial charge in [-0.1, -0.05) is 76.1 Å². The summed E-state index contributed by atoms with van der Waals surface area (Å²) in [6.07, 6.45) is 15.3. The Labute approximate surface area is 170 Å². The van der Waals surface area contributed by atoms with Crippen LogP contribution in [0.4, 0.5) is 0 Å². The SMILES string of the molecule is CCCCCCCCC1CCC(c2ccc3cc(OC(C)=O)ccc3c2)CC1. The van der Waals surface area contributed by atoms with E-state index in [9.17, 15) is 4.79 Å². The Bertz CT molecular complexity index is 756. The van der Waals surface area contributed by atoms with Crippen molar-refractivity contribution in [1.29, 1.82) is 0 Å². The third-order valence-electron chi connectivity index (χ3n) is 6.38. The molecule has 2 aromatic rings. The van der Waals surface area contributed by atoms with Crippen molar-refractivity contribution in [1.82, 2.24) is 0 Å². The average Bonchev–Trinajstić information content (AvgIpc) is 2.70. The number of carbonyl (C=O) groups is 1. The van der Waals surface area contributed by atoms with E-state index in [-0.39, 0.29) is 5.97 Å². The van der Waals surface area contributed by atoms with Crippen LogP contribution in [0.3, 0.4) is 0 Å².